The van der Waals surface area contributed by atoms with E-state index in [2.05, 4.69) is 58.6 Å². The smallest absolute Gasteiger partial charge is 0.249 e. The molecule has 0 radical (unpaired) electrons. The third-order valence-electron chi connectivity index (χ3n) is 10.2. The van der Waals surface area contributed by atoms with E-state index in [4.69, 9.17) is 15.6 Å². The number of nitrogens with one attached hydrogen (secondary N) is 2. The zero-order valence-electron chi connectivity index (χ0n) is 28.7. The van der Waals surface area contributed by atoms with Gasteiger partial charge in [0.1, 0.15) is 18.0 Å². The molecule has 3 saturated heterocycles. The number of piperidine rings is 2. The van der Waals surface area contributed by atoms with Crippen molar-refractivity contribution in [2.24, 2.45) is 0 Å². The molecule has 0 spiro atoms. The number of benzene rings is 2. The highest BCUT2D eigenvalue weighted by molar-refractivity contribution is 6.01. The lowest BCUT2D eigenvalue weighted by Gasteiger charge is -2.48. The fourth-order valence-corrected chi connectivity index (χ4v) is 7.23. The minimum atomic E-state index is -0.568. The zero-order valence-corrected chi connectivity index (χ0v) is 28.7. The van der Waals surface area contributed by atoms with Gasteiger partial charge in [-0.05, 0) is 74.7 Å². The maximum absolute atomic E-state index is 14.3. The number of nitrogens with two attached hydrogens (primary N) is 1. The fraction of sp³-hybridized carbons (Fsp3) is 0.351. The summed E-state index contributed by atoms with van der Waals surface area (Å²) < 4.78 is 22.6. The van der Waals surface area contributed by atoms with Gasteiger partial charge in [0.05, 0.1) is 30.3 Å². The third kappa shape index (κ3) is 6.91. The number of anilines is 3. The molecule has 3 fully saturated rings. The standard InChI is InChI=1S/C37H40FN11O3/c1-23(31-17-26(38)2-8-33(31)49-41-12-13-42-49)52-34-16-24(18-40-36(34)39)25-19-43-48(20-25)29-10-14-46(15-11-29)30-21-47(22-30)28-5-3-27(4-6-28)44-32-7-9-35(50)45-37(32)51/h2-6,8,12-13,16-20,23,29-30,32,44H,7,9-11,14-15,21-22H2,1H3,(H2,39,40)(H,45,50,51)/t23-,32?/m0/s1. The van der Waals surface area contributed by atoms with Crippen molar-refractivity contribution in [3.63, 3.8) is 0 Å². The van der Waals surface area contributed by atoms with E-state index in [1.807, 2.05) is 31.3 Å². The Hall–Kier alpha value is -5.83. The number of ether oxygens (including phenoxy) is 1. The first kappa shape index (κ1) is 33.3. The van der Waals surface area contributed by atoms with Crippen LogP contribution in [0.1, 0.15) is 50.3 Å². The Morgan fingerprint density at radius 1 is 0.942 bits per heavy atom. The summed E-state index contributed by atoms with van der Waals surface area (Å²) in [5.41, 5.74) is 11.2. The van der Waals surface area contributed by atoms with E-state index in [9.17, 15) is 14.0 Å². The number of nitrogen functional groups attached to an aromatic ring is 1. The van der Waals surface area contributed by atoms with Crippen LogP contribution in [0.25, 0.3) is 16.8 Å². The minimum absolute atomic E-state index is 0.213. The number of imide groups is 1. The number of hydrogen-bond acceptors (Lipinski definition) is 11. The first-order chi connectivity index (χ1) is 25.3. The quantitative estimate of drug-likeness (QED) is 0.179. The molecule has 3 aliphatic rings. The second kappa shape index (κ2) is 14.1. The number of rotatable bonds is 10. The molecule has 3 aliphatic heterocycles. The number of hydrogen-bond donors (Lipinski definition) is 3. The summed E-state index contributed by atoms with van der Waals surface area (Å²) in [4.78, 5) is 34.3. The van der Waals surface area contributed by atoms with Gasteiger partial charge < -0.3 is 20.7 Å². The van der Waals surface area contributed by atoms with E-state index in [1.165, 1.54) is 16.9 Å². The summed E-state index contributed by atoms with van der Waals surface area (Å²) >= 11 is 0. The third-order valence-corrected chi connectivity index (χ3v) is 10.2. The highest BCUT2D eigenvalue weighted by Crippen LogP contribution is 2.34. The molecule has 8 rings (SSSR count). The average molecular weight is 706 g/mol. The van der Waals surface area contributed by atoms with Crippen molar-refractivity contribution in [2.45, 2.75) is 56.8 Å². The molecule has 5 aromatic rings. The Morgan fingerprint density at radius 2 is 1.71 bits per heavy atom. The van der Waals surface area contributed by atoms with E-state index >= 15 is 0 Å². The molecule has 2 aromatic carbocycles. The number of pyridine rings is 1. The van der Waals surface area contributed by atoms with Crippen LogP contribution in [0.5, 0.6) is 5.75 Å². The van der Waals surface area contributed by atoms with Crippen LogP contribution in [0.4, 0.5) is 21.6 Å². The Kier molecular flexibility index (Phi) is 9.01. The zero-order chi connectivity index (χ0) is 35.8. The average Bonchev–Trinajstić information content (AvgIpc) is 3.85. The number of halogens is 1. The van der Waals surface area contributed by atoms with Crippen LogP contribution in [0.15, 0.2) is 79.5 Å². The molecule has 0 aliphatic carbocycles. The van der Waals surface area contributed by atoms with Crippen molar-refractivity contribution in [1.29, 1.82) is 0 Å². The van der Waals surface area contributed by atoms with Gasteiger partial charge in [0.2, 0.25) is 11.8 Å². The van der Waals surface area contributed by atoms with Crippen LogP contribution in [-0.4, -0.2) is 84.7 Å². The van der Waals surface area contributed by atoms with E-state index in [0.717, 1.165) is 61.5 Å². The first-order valence-corrected chi connectivity index (χ1v) is 17.6. The van der Waals surface area contributed by atoms with Gasteiger partial charge in [0, 0.05) is 79.1 Å². The number of carbonyl (C=O) groups is 2. The summed E-state index contributed by atoms with van der Waals surface area (Å²) in [6.45, 7) is 5.78. The van der Waals surface area contributed by atoms with Crippen LogP contribution in [0, 0.1) is 5.82 Å². The summed E-state index contributed by atoms with van der Waals surface area (Å²) in [5.74, 6) is -0.243. The monoisotopic (exact) mass is 705 g/mol. The molecule has 2 amide bonds. The molecule has 4 N–H and O–H groups in total. The lowest BCUT2D eigenvalue weighted by Crippen LogP contribution is -2.61. The van der Waals surface area contributed by atoms with Gasteiger partial charge in [-0.1, -0.05) is 0 Å². The van der Waals surface area contributed by atoms with Crippen molar-refractivity contribution in [3.05, 3.63) is 90.9 Å². The van der Waals surface area contributed by atoms with Crippen molar-refractivity contribution in [3.8, 4) is 22.6 Å². The molecule has 6 heterocycles. The highest BCUT2D eigenvalue weighted by atomic mass is 19.1. The highest BCUT2D eigenvalue weighted by Gasteiger charge is 2.35. The summed E-state index contributed by atoms with van der Waals surface area (Å²) in [7, 11) is 0. The molecule has 14 nitrogen and oxygen atoms in total. The van der Waals surface area contributed by atoms with Crippen molar-refractivity contribution in [1.82, 2.24) is 40.0 Å². The van der Waals surface area contributed by atoms with E-state index in [-0.39, 0.29) is 29.5 Å². The van der Waals surface area contributed by atoms with Gasteiger partial charge in [-0.25, -0.2) is 9.37 Å². The van der Waals surface area contributed by atoms with Gasteiger partial charge in [0.25, 0.3) is 0 Å². The Labute approximate surface area is 299 Å². The predicted octanol–water partition coefficient (Wildman–Crippen LogP) is 4.13. The van der Waals surface area contributed by atoms with Gasteiger partial charge in [-0.3, -0.25) is 24.5 Å². The minimum Gasteiger partial charge on any atom is -0.482 e. The molecule has 0 saturated carbocycles. The number of aromatic nitrogens is 6. The Morgan fingerprint density at radius 3 is 2.46 bits per heavy atom. The summed E-state index contributed by atoms with van der Waals surface area (Å²) in [6.07, 6.45) is 11.0. The maximum Gasteiger partial charge on any atom is 0.249 e. The van der Waals surface area contributed by atoms with Crippen molar-refractivity contribution in [2.75, 3.05) is 42.1 Å². The van der Waals surface area contributed by atoms with Crippen LogP contribution in [0.3, 0.4) is 0 Å². The van der Waals surface area contributed by atoms with Crippen LogP contribution >= 0.6 is 0 Å². The van der Waals surface area contributed by atoms with E-state index < -0.39 is 6.10 Å². The molecular weight excluding hydrogens is 665 g/mol. The number of amides is 2. The topological polar surface area (TPSA) is 161 Å². The van der Waals surface area contributed by atoms with Crippen LogP contribution in [0.2, 0.25) is 0 Å². The summed E-state index contributed by atoms with van der Waals surface area (Å²) in [6, 6.07) is 14.8. The van der Waals surface area contributed by atoms with Gasteiger partial charge in [-0.15, -0.1) is 0 Å². The van der Waals surface area contributed by atoms with Gasteiger partial charge in [0.15, 0.2) is 11.6 Å². The fourth-order valence-electron chi connectivity index (χ4n) is 7.23. The molecule has 1 unspecified atom stereocenters. The Balaban J connectivity index is 0.843. The van der Waals surface area contributed by atoms with Gasteiger partial charge in [-0.2, -0.15) is 20.1 Å². The first-order valence-electron chi connectivity index (χ1n) is 17.6. The van der Waals surface area contributed by atoms with Crippen LogP contribution < -0.4 is 26.0 Å². The molecule has 268 valence electrons. The maximum atomic E-state index is 14.3. The Bertz CT molecular complexity index is 2060. The second-order valence-electron chi connectivity index (χ2n) is 13.6. The normalized spacial score (nSPS) is 19.3. The lowest BCUT2D eigenvalue weighted by atomic mass is 9.99. The van der Waals surface area contributed by atoms with Crippen LogP contribution in [-0.2, 0) is 9.59 Å². The lowest BCUT2D eigenvalue weighted by molar-refractivity contribution is -0.133. The number of nitrogens with zero attached hydrogens (tertiary/aromatic N) is 8. The molecular formula is C37H40FN11O3. The molecule has 52 heavy (non-hydrogen) atoms. The van der Waals surface area contributed by atoms with E-state index in [0.29, 0.717) is 41.9 Å². The molecule has 2 atom stereocenters. The van der Waals surface area contributed by atoms with Gasteiger partial charge >= 0.3 is 0 Å². The molecule has 3 aromatic heterocycles. The van der Waals surface area contributed by atoms with Crippen molar-refractivity contribution < 1.29 is 18.7 Å². The molecule has 15 heteroatoms. The molecule has 0 bridgehead atoms. The largest absolute Gasteiger partial charge is 0.482 e. The number of likely N-dealkylation sites (tertiary alicyclic amines) is 1. The van der Waals surface area contributed by atoms with E-state index in [1.54, 1.807) is 24.7 Å². The number of carbonyl (C=O) groups excluding carboxylic acids is 2. The van der Waals surface area contributed by atoms with Crippen molar-refractivity contribution >= 4 is 29.0 Å². The second-order valence-corrected chi connectivity index (χ2v) is 13.6. The predicted molar refractivity (Wildman–Crippen MR) is 192 cm³/mol. The summed E-state index contributed by atoms with van der Waals surface area (Å²) in [5, 5.41) is 18.7. The SMILES string of the molecule is C[C@H](Oc1cc(-c2cnn(C3CCN(C4CN(c5ccc(NC6CCC(=O)NC6=O)cc5)C4)CC3)c2)cnc1N)c1cc(F)ccc1-n1nccn1.